The normalized spacial score (nSPS) is 26.1. The number of carbonyl (C=O) groups excluding carboxylic acids is 2. The molecule has 0 aromatic rings. The van der Waals surface area contributed by atoms with Crippen LogP contribution >= 0.6 is 0 Å². The van der Waals surface area contributed by atoms with Crippen molar-refractivity contribution in [3.8, 4) is 0 Å². The first kappa shape index (κ1) is 17.0. The van der Waals surface area contributed by atoms with Gasteiger partial charge in [0, 0.05) is 45.2 Å². The summed E-state index contributed by atoms with van der Waals surface area (Å²) in [6.07, 6.45) is 2.11. The lowest BCUT2D eigenvalue weighted by molar-refractivity contribution is -0.130. The number of hydrogen-bond acceptors (Lipinski definition) is 4. The van der Waals surface area contributed by atoms with Crippen molar-refractivity contribution in [1.29, 1.82) is 0 Å². The molecular formula is C15H28N4O3. The third-order valence-electron chi connectivity index (χ3n) is 4.56. The van der Waals surface area contributed by atoms with Gasteiger partial charge in [0.1, 0.15) is 0 Å². The van der Waals surface area contributed by atoms with Crippen LogP contribution in [0.25, 0.3) is 0 Å². The van der Waals surface area contributed by atoms with Crippen molar-refractivity contribution in [1.82, 2.24) is 15.1 Å². The molecule has 2 fully saturated rings. The van der Waals surface area contributed by atoms with Crippen LogP contribution in [0, 0.1) is 5.92 Å². The van der Waals surface area contributed by atoms with E-state index in [1.54, 1.807) is 0 Å². The van der Waals surface area contributed by atoms with Crippen molar-refractivity contribution in [2.45, 2.75) is 32.2 Å². The van der Waals surface area contributed by atoms with Gasteiger partial charge in [-0.05, 0) is 18.8 Å². The summed E-state index contributed by atoms with van der Waals surface area (Å²) in [4.78, 5) is 27.3. The molecule has 2 rings (SSSR count). The van der Waals surface area contributed by atoms with Crippen LogP contribution in [-0.2, 0) is 9.53 Å². The van der Waals surface area contributed by atoms with Gasteiger partial charge in [-0.15, -0.1) is 0 Å². The number of primary amides is 1. The Balaban J connectivity index is 1.69. The minimum Gasteiger partial charge on any atom is -0.379 e. The summed E-state index contributed by atoms with van der Waals surface area (Å²) in [5.74, 6) is 0.736. The lowest BCUT2D eigenvalue weighted by Gasteiger charge is -2.34. The highest BCUT2D eigenvalue weighted by Gasteiger charge is 2.36. The first-order valence-corrected chi connectivity index (χ1v) is 8.21. The molecule has 2 aliphatic rings. The summed E-state index contributed by atoms with van der Waals surface area (Å²) in [6, 6.07) is -0.0441. The second-order valence-electron chi connectivity index (χ2n) is 6.24. The Bertz CT molecular complexity index is 385. The van der Waals surface area contributed by atoms with Gasteiger partial charge >= 0.3 is 6.03 Å². The second-order valence-corrected chi connectivity index (χ2v) is 6.24. The molecule has 7 heteroatoms. The van der Waals surface area contributed by atoms with Gasteiger partial charge in [-0.2, -0.15) is 0 Å². The molecule has 0 unspecified atom stereocenters. The number of urea groups is 1. The van der Waals surface area contributed by atoms with Gasteiger partial charge in [0.15, 0.2) is 0 Å². The molecule has 3 N–H and O–H groups in total. The van der Waals surface area contributed by atoms with Crippen LogP contribution in [-0.4, -0.2) is 73.7 Å². The summed E-state index contributed by atoms with van der Waals surface area (Å²) in [7, 11) is 0. The molecule has 0 radical (unpaired) electrons. The maximum Gasteiger partial charge on any atom is 0.312 e. The summed E-state index contributed by atoms with van der Waals surface area (Å²) in [5, 5.41) is 2.54. The van der Waals surface area contributed by atoms with E-state index < -0.39 is 6.03 Å². The molecule has 0 aliphatic carbocycles. The molecule has 0 saturated carbocycles. The molecule has 2 aliphatic heterocycles. The average Bonchev–Trinajstić information content (AvgIpc) is 2.89. The fourth-order valence-electron chi connectivity index (χ4n) is 3.31. The van der Waals surface area contributed by atoms with E-state index >= 15 is 0 Å². The lowest BCUT2D eigenvalue weighted by Crippen LogP contribution is -2.47. The highest BCUT2D eigenvalue weighted by molar-refractivity contribution is 5.76. The molecule has 22 heavy (non-hydrogen) atoms. The number of nitrogens with one attached hydrogen (secondary N) is 1. The zero-order chi connectivity index (χ0) is 15.9. The number of likely N-dealkylation sites (tertiary alicyclic amines) is 1. The Hall–Kier alpha value is -1.34. The fraction of sp³-hybridized carbons (Fsp3) is 0.867. The Kier molecular flexibility index (Phi) is 6.45. The predicted octanol–water partition coefficient (Wildman–Crippen LogP) is 0.00410. The van der Waals surface area contributed by atoms with Crippen LogP contribution in [0.4, 0.5) is 4.79 Å². The van der Waals surface area contributed by atoms with E-state index in [2.05, 4.69) is 17.1 Å². The number of carbonyl (C=O) groups is 2. The van der Waals surface area contributed by atoms with Gasteiger partial charge in [-0.3, -0.25) is 9.69 Å². The van der Waals surface area contributed by atoms with Crippen LogP contribution < -0.4 is 11.1 Å². The zero-order valence-electron chi connectivity index (χ0n) is 13.4. The molecular weight excluding hydrogens is 284 g/mol. The van der Waals surface area contributed by atoms with Gasteiger partial charge < -0.3 is 20.7 Å². The number of unbranched alkanes of at least 4 members (excludes halogenated alkanes) is 1. The molecule has 7 nitrogen and oxygen atoms in total. The van der Waals surface area contributed by atoms with E-state index in [0.29, 0.717) is 24.9 Å². The highest BCUT2D eigenvalue weighted by atomic mass is 16.5. The number of hydrogen-bond donors (Lipinski definition) is 2. The van der Waals surface area contributed by atoms with Crippen LogP contribution in [0.5, 0.6) is 0 Å². The van der Waals surface area contributed by atoms with Gasteiger partial charge in [0.05, 0.1) is 13.2 Å². The molecule has 3 amide bonds. The van der Waals surface area contributed by atoms with Crippen LogP contribution in [0.1, 0.15) is 26.2 Å². The maximum absolute atomic E-state index is 12.3. The molecule has 0 aromatic heterocycles. The topological polar surface area (TPSA) is 87.9 Å². The standard InChI is InChI=1S/C15H28N4O3/c1-12-10-19(11-13(12)18-6-8-22-9-7-18)14(20)4-2-3-5-17-15(16)21/h12-13H,2-11H2,1H3,(H3,16,17,21)/t12-,13-/m0/s1. The molecule has 126 valence electrons. The molecule has 2 atom stereocenters. The predicted molar refractivity (Wildman–Crippen MR) is 83.4 cm³/mol. The Morgan fingerprint density at radius 2 is 1.95 bits per heavy atom. The largest absolute Gasteiger partial charge is 0.379 e. The molecule has 0 aromatic carbocycles. The molecule has 0 spiro atoms. The Labute approximate surface area is 132 Å². The minimum absolute atomic E-state index is 0.224. The van der Waals surface area contributed by atoms with Gasteiger partial charge in [-0.25, -0.2) is 4.79 Å². The number of morpholine rings is 1. The zero-order valence-corrected chi connectivity index (χ0v) is 13.4. The summed E-state index contributed by atoms with van der Waals surface area (Å²) in [6.45, 7) is 7.97. The van der Waals surface area contributed by atoms with Crippen molar-refractivity contribution in [2.24, 2.45) is 11.7 Å². The first-order valence-electron chi connectivity index (χ1n) is 8.21. The van der Waals surface area contributed by atoms with Gasteiger partial charge in [-0.1, -0.05) is 6.92 Å². The average molecular weight is 312 g/mol. The van der Waals surface area contributed by atoms with Crippen molar-refractivity contribution in [3.63, 3.8) is 0 Å². The van der Waals surface area contributed by atoms with Gasteiger partial charge in [0.25, 0.3) is 0 Å². The quantitative estimate of drug-likeness (QED) is 0.676. The molecule has 0 bridgehead atoms. The summed E-state index contributed by atoms with van der Waals surface area (Å²) >= 11 is 0. The number of nitrogens with zero attached hydrogens (tertiary/aromatic N) is 2. The number of nitrogens with two attached hydrogens (primary N) is 1. The summed E-state index contributed by atoms with van der Waals surface area (Å²) in [5.41, 5.74) is 5.00. The number of ether oxygens (including phenoxy) is 1. The highest BCUT2D eigenvalue weighted by Crippen LogP contribution is 2.23. The first-order chi connectivity index (χ1) is 10.6. The second kappa shape index (κ2) is 8.33. The van der Waals surface area contributed by atoms with Crippen LogP contribution in [0.3, 0.4) is 0 Å². The Morgan fingerprint density at radius 1 is 1.23 bits per heavy atom. The Morgan fingerprint density at radius 3 is 2.64 bits per heavy atom. The molecule has 2 heterocycles. The van der Waals surface area contributed by atoms with Crippen LogP contribution in [0.2, 0.25) is 0 Å². The van der Waals surface area contributed by atoms with E-state index in [1.165, 1.54) is 0 Å². The van der Waals surface area contributed by atoms with E-state index in [9.17, 15) is 9.59 Å². The smallest absolute Gasteiger partial charge is 0.312 e. The maximum atomic E-state index is 12.3. The third kappa shape index (κ3) is 4.84. The monoisotopic (exact) mass is 312 g/mol. The van der Waals surface area contributed by atoms with E-state index in [1.807, 2.05) is 4.90 Å². The van der Waals surface area contributed by atoms with Gasteiger partial charge in [0.2, 0.25) is 5.91 Å². The summed E-state index contributed by atoms with van der Waals surface area (Å²) < 4.78 is 5.40. The number of rotatable bonds is 6. The molecule has 2 saturated heterocycles. The number of amides is 3. The fourth-order valence-corrected chi connectivity index (χ4v) is 3.31. The van der Waals surface area contributed by atoms with Crippen molar-refractivity contribution >= 4 is 11.9 Å². The van der Waals surface area contributed by atoms with Crippen molar-refractivity contribution < 1.29 is 14.3 Å². The SMILES string of the molecule is C[C@H]1CN(C(=O)CCCCNC(N)=O)C[C@@H]1N1CCOCC1. The van der Waals surface area contributed by atoms with Crippen molar-refractivity contribution in [2.75, 3.05) is 45.9 Å². The van der Waals surface area contributed by atoms with E-state index in [0.717, 1.165) is 52.2 Å². The van der Waals surface area contributed by atoms with E-state index in [-0.39, 0.29) is 5.91 Å². The van der Waals surface area contributed by atoms with Crippen molar-refractivity contribution in [3.05, 3.63) is 0 Å². The van der Waals surface area contributed by atoms with Crippen LogP contribution in [0.15, 0.2) is 0 Å². The minimum atomic E-state index is -0.506. The lowest BCUT2D eigenvalue weighted by atomic mass is 10.0. The third-order valence-corrected chi connectivity index (χ3v) is 4.56. The van der Waals surface area contributed by atoms with E-state index in [4.69, 9.17) is 10.5 Å².